The lowest BCUT2D eigenvalue weighted by atomic mass is 9.92. The molecule has 0 aromatic carbocycles. The quantitative estimate of drug-likeness (QED) is 0.461. The number of urea groups is 1. The van der Waals surface area contributed by atoms with Gasteiger partial charge in [0.25, 0.3) is 0 Å². The molecule has 1 heterocycles. The van der Waals surface area contributed by atoms with Gasteiger partial charge in [-0.25, -0.2) is 9.69 Å². The molecular weight excluding hydrogens is 300 g/mol. The average molecular weight is 320 g/mol. The van der Waals surface area contributed by atoms with E-state index in [1.807, 2.05) is 0 Å². The predicted octanol–water partition coefficient (Wildman–Crippen LogP) is 0.530. The number of amides is 5. The summed E-state index contributed by atoms with van der Waals surface area (Å²) < 4.78 is 0. The van der Waals surface area contributed by atoms with Gasteiger partial charge in [0.1, 0.15) is 12.1 Å². The number of nitriles is 1. The van der Waals surface area contributed by atoms with E-state index < -0.39 is 35.8 Å². The molecule has 0 bridgehead atoms. The van der Waals surface area contributed by atoms with Gasteiger partial charge in [0, 0.05) is 6.54 Å². The fraction of sp³-hybridized carbons (Fsp3) is 0.667. The van der Waals surface area contributed by atoms with E-state index in [2.05, 4.69) is 11.4 Å². The summed E-state index contributed by atoms with van der Waals surface area (Å²) >= 11 is 0. The molecule has 8 nitrogen and oxygen atoms in total. The van der Waals surface area contributed by atoms with Crippen molar-refractivity contribution in [3.05, 3.63) is 0 Å². The summed E-state index contributed by atoms with van der Waals surface area (Å²) in [4.78, 5) is 49.0. The maximum absolute atomic E-state index is 12.2. The Labute approximate surface area is 134 Å². The Morgan fingerprint density at radius 1 is 1.13 bits per heavy atom. The Hall–Kier alpha value is -2.43. The van der Waals surface area contributed by atoms with Gasteiger partial charge in [0.05, 0.1) is 6.07 Å². The van der Waals surface area contributed by atoms with Gasteiger partial charge >= 0.3 is 17.8 Å². The average Bonchev–Trinajstić information content (AvgIpc) is 2.71. The van der Waals surface area contributed by atoms with Crippen LogP contribution in [-0.2, 0) is 14.4 Å². The molecule has 2 fully saturated rings. The second-order valence-electron chi connectivity index (χ2n) is 5.88. The third-order valence-electron chi connectivity index (χ3n) is 4.30. The van der Waals surface area contributed by atoms with E-state index in [1.165, 1.54) is 0 Å². The monoisotopic (exact) mass is 320 g/mol. The number of nitrogens with zero attached hydrogens (tertiary/aromatic N) is 3. The van der Waals surface area contributed by atoms with E-state index in [-0.39, 0.29) is 6.54 Å². The number of carbonyl (C=O) groups is 4. The Kier molecular flexibility index (Phi) is 4.98. The molecule has 8 heteroatoms. The molecule has 1 N–H and O–H groups in total. The fourth-order valence-corrected chi connectivity index (χ4v) is 3.02. The number of nitrogens with one attached hydrogen (secondary N) is 1. The number of imide groups is 2. The summed E-state index contributed by atoms with van der Waals surface area (Å²) in [6.45, 7) is 1.11. The van der Waals surface area contributed by atoms with E-state index in [0.717, 1.165) is 30.6 Å². The van der Waals surface area contributed by atoms with Crippen molar-refractivity contribution in [2.24, 2.45) is 0 Å². The highest BCUT2D eigenvalue weighted by molar-refractivity contribution is 6.45. The van der Waals surface area contributed by atoms with Crippen LogP contribution >= 0.6 is 0 Å². The first-order chi connectivity index (χ1) is 10.9. The normalized spacial score (nSPS) is 21.1. The molecule has 0 radical (unpaired) electrons. The smallest absolute Gasteiger partial charge is 0.334 e. The summed E-state index contributed by atoms with van der Waals surface area (Å²) in [5.74, 6) is -2.52. The lowest BCUT2D eigenvalue weighted by Gasteiger charge is -2.27. The summed E-state index contributed by atoms with van der Waals surface area (Å²) in [5.41, 5.74) is -0.951. The number of hydrogen-bond acceptors (Lipinski definition) is 5. The molecule has 0 unspecified atom stereocenters. The predicted molar refractivity (Wildman–Crippen MR) is 78.7 cm³/mol. The minimum Gasteiger partial charge on any atom is -0.336 e. The Balaban J connectivity index is 2.04. The number of rotatable bonds is 4. The van der Waals surface area contributed by atoms with Crippen LogP contribution in [0.25, 0.3) is 0 Å². The molecule has 2 aliphatic rings. The summed E-state index contributed by atoms with van der Waals surface area (Å²) in [7, 11) is 0. The molecule has 0 aromatic heterocycles. The van der Waals surface area contributed by atoms with E-state index in [1.54, 1.807) is 6.92 Å². The number of hydrogen-bond donors (Lipinski definition) is 1. The summed E-state index contributed by atoms with van der Waals surface area (Å²) in [5, 5.41) is 12.1. The maximum Gasteiger partial charge on any atom is 0.334 e. The molecule has 0 aromatic rings. The van der Waals surface area contributed by atoms with Crippen LogP contribution in [0.4, 0.5) is 4.79 Å². The molecule has 5 amide bonds. The standard InChI is InChI=1S/C15H20N4O4/c1-2-18-12(21)13(22)19(14(18)23)9-11(20)17-15(10-16)7-5-3-4-6-8-15/h2-9H2,1H3,(H,17,20). The van der Waals surface area contributed by atoms with Gasteiger partial charge in [-0.05, 0) is 19.8 Å². The highest BCUT2D eigenvalue weighted by atomic mass is 16.2. The van der Waals surface area contributed by atoms with Gasteiger partial charge in [0.15, 0.2) is 0 Å². The van der Waals surface area contributed by atoms with Crippen LogP contribution in [0, 0.1) is 11.3 Å². The van der Waals surface area contributed by atoms with Crippen molar-refractivity contribution in [2.45, 2.75) is 51.0 Å². The van der Waals surface area contributed by atoms with Gasteiger partial charge in [0.2, 0.25) is 5.91 Å². The second kappa shape index (κ2) is 6.77. The van der Waals surface area contributed by atoms with Crippen LogP contribution in [0.1, 0.15) is 45.4 Å². The van der Waals surface area contributed by atoms with Crippen LogP contribution in [0.5, 0.6) is 0 Å². The first-order valence-electron chi connectivity index (χ1n) is 7.83. The van der Waals surface area contributed by atoms with Crippen LogP contribution in [0.15, 0.2) is 0 Å². The van der Waals surface area contributed by atoms with Crippen molar-refractivity contribution in [1.82, 2.24) is 15.1 Å². The van der Waals surface area contributed by atoms with Crippen molar-refractivity contribution in [1.29, 1.82) is 5.26 Å². The Morgan fingerprint density at radius 2 is 1.70 bits per heavy atom. The van der Waals surface area contributed by atoms with E-state index in [0.29, 0.717) is 17.7 Å². The first kappa shape index (κ1) is 16.9. The minimum absolute atomic E-state index is 0.0731. The first-order valence-corrected chi connectivity index (χ1v) is 7.83. The zero-order valence-corrected chi connectivity index (χ0v) is 13.1. The van der Waals surface area contributed by atoms with Crippen molar-refractivity contribution in [3.8, 4) is 6.07 Å². The largest absolute Gasteiger partial charge is 0.336 e. The van der Waals surface area contributed by atoms with Gasteiger partial charge in [-0.1, -0.05) is 25.7 Å². The Morgan fingerprint density at radius 3 is 2.17 bits per heavy atom. The molecule has 0 atom stereocenters. The fourth-order valence-electron chi connectivity index (χ4n) is 3.02. The molecular formula is C15H20N4O4. The molecule has 0 spiro atoms. The van der Waals surface area contributed by atoms with Gasteiger partial charge < -0.3 is 5.32 Å². The zero-order valence-electron chi connectivity index (χ0n) is 13.1. The molecule has 2 rings (SSSR count). The van der Waals surface area contributed by atoms with Gasteiger partial charge in [-0.3, -0.25) is 19.3 Å². The van der Waals surface area contributed by atoms with E-state index in [9.17, 15) is 24.4 Å². The lowest BCUT2D eigenvalue weighted by Crippen LogP contribution is -2.51. The van der Waals surface area contributed by atoms with Crippen LogP contribution in [0.3, 0.4) is 0 Å². The molecule has 1 saturated heterocycles. The zero-order chi connectivity index (χ0) is 17.0. The minimum atomic E-state index is -1.00. The Bertz CT molecular complexity index is 573. The van der Waals surface area contributed by atoms with Crippen molar-refractivity contribution in [2.75, 3.05) is 13.1 Å². The number of carbonyl (C=O) groups excluding carboxylic acids is 4. The second-order valence-corrected chi connectivity index (χ2v) is 5.88. The molecule has 124 valence electrons. The van der Waals surface area contributed by atoms with E-state index >= 15 is 0 Å². The van der Waals surface area contributed by atoms with Crippen LogP contribution in [0.2, 0.25) is 0 Å². The van der Waals surface area contributed by atoms with Crippen molar-refractivity contribution < 1.29 is 19.2 Å². The van der Waals surface area contributed by atoms with Crippen molar-refractivity contribution in [3.63, 3.8) is 0 Å². The van der Waals surface area contributed by atoms with Gasteiger partial charge in [-0.15, -0.1) is 0 Å². The molecule has 23 heavy (non-hydrogen) atoms. The number of likely N-dealkylation sites (N-methyl/N-ethyl adjacent to an activating group) is 1. The van der Waals surface area contributed by atoms with Crippen LogP contribution < -0.4 is 5.32 Å². The summed E-state index contributed by atoms with van der Waals surface area (Å²) in [6.07, 6.45) is 4.83. The topological polar surface area (TPSA) is 111 Å². The molecule has 1 aliphatic heterocycles. The molecule has 1 saturated carbocycles. The maximum atomic E-state index is 12.2. The lowest BCUT2D eigenvalue weighted by molar-refractivity contribution is -0.144. The summed E-state index contributed by atoms with van der Waals surface area (Å²) in [6, 6.07) is 1.38. The highest BCUT2D eigenvalue weighted by Gasteiger charge is 2.45. The third kappa shape index (κ3) is 3.33. The van der Waals surface area contributed by atoms with Crippen molar-refractivity contribution >= 4 is 23.8 Å². The molecule has 1 aliphatic carbocycles. The SMILES string of the molecule is CCN1C(=O)C(=O)N(CC(=O)NC2(C#N)CCCCCC2)C1=O. The van der Waals surface area contributed by atoms with Gasteiger partial charge in [-0.2, -0.15) is 5.26 Å². The third-order valence-corrected chi connectivity index (χ3v) is 4.30. The van der Waals surface area contributed by atoms with E-state index in [4.69, 9.17) is 0 Å². The van der Waals surface area contributed by atoms with Crippen LogP contribution in [-0.4, -0.2) is 52.2 Å². The highest BCUT2D eigenvalue weighted by Crippen LogP contribution is 2.26.